The molecule has 0 radical (unpaired) electrons. The number of thiophene rings is 1. The second-order valence-corrected chi connectivity index (χ2v) is 5.03. The van der Waals surface area contributed by atoms with E-state index in [1.54, 1.807) is 11.3 Å². The van der Waals surface area contributed by atoms with E-state index in [1.807, 2.05) is 0 Å². The molecule has 88 valence electrons. The van der Waals surface area contributed by atoms with Gasteiger partial charge in [0.2, 0.25) is 0 Å². The van der Waals surface area contributed by atoms with Crippen LogP contribution in [0.2, 0.25) is 0 Å². The first-order valence-corrected chi connectivity index (χ1v) is 6.85. The van der Waals surface area contributed by atoms with Gasteiger partial charge in [-0.3, -0.25) is 0 Å². The number of hydrogen-bond donors (Lipinski definition) is 0. The van der Waals surface area contributed by atoms with E-state index >= 15 is 0 Å². The minimum Gasteiger partial charge on any atom is -0.158 e. The molecule has 3 rings (SSSR count). The van der Waals surface area contributed by atoms with Crippen molar-refractivity contribution in [3.63, 3.8) is 0 Å². The van der Waals surface area contributed by atoms with Crippen molar-refractivity contribution in [2.24, 2.45) is 0 Å². The van der Waals surface area contributed by atoms with Crippen LogP contribution in [0.3, 0.4) is 0 Å². The van der Waals surface area contributed by atoms with Crippen LogP contribution in [-0.4, -0.2) is 0 Å². The van der Waals surface area contributed by atoms with Crippen LogP contribution in [0, 0.1) is 5.92 Å². The fourth-order valence-corrected chi connectivity index (χ4v) is 2.90. The molecule has 1 aromatic heterocycles. The number of benzene rings is 2. The fourth-order valence-electron chi connectivity index (χ4n) is 2.08. The zero-order chi connectivity index (χ0) is 12.2. The molecule has 0 amide bonds. The van der Waals surface area contributed by atoms with Crippen LogP contribution < -0.4 is 18.9 Å². The van der Waals surface area contributed by atoms with Crippen molar-refractivity contribution >= 4 is 11.3 Å². The van der Waals surface area contributed by atoms with Crippen molar-refractivity contribution in [3.05, 3.63) is 100 Å². The van der Waals surface area contributed by atoms with Crippen LogP contribution in [0.4, 0.5) is 0 Å². The van der Waals surface area contributed by atoms with Crippen molar-refractivity contribution in [2.45, 2.75) is 0 Å². The van der Waals surface area contributed by atoms with Crippen LogP contribution in [0.1, 0.15) is 16.0 Å². The van der Waals surface area contributed by atoms with E-state index in [1.165, 1.54) is 21.9 Å². The van der Waals surface area contributed by atoms with Crippen LogP contribution in [0.25, 0.3) is 0 Å². The van der Waals surface area contributed by atoms with Gasteiger partial charge in [0, 0.05) is 0 Å². The van der Waals surface area contributed by atoms with Gasteiger partial charge in [-0.05, 0) is 10.3 Å². The predicted octanol–water partition coefficient (Wildman–Crippen LogP) is 1.77. The van der Waals surface area contributed by atoms with Crippen LogP contribution in [-0.2, 0) is 0 Å². The first kappa shape index (κ1) is 14.0. The first-order chi connectivity index (χ1) is 8.95. The van der Waals surface area contributed by atoms with E-state index in [0.717, 1.165) is 0 Å². The average Bonchev–Trinajstić information content (AvgIpc) is 2.95. The molecular weight excluding hydrogens is 243 g/mol. The first-order valence-electron chi connectivity index (χ1n) is 5.97. The van der Waals surface area contributed by atoms with Gasteiger partial charge >= 0.3 is 18.9 Å². The Hall–Kier alpha value is -1.39. The smallest absolute Gasteiger partial charge is 0.158 e. The Kier molecular flexibility index (Phi) is 4.93. The molecule has 1 heterocycles. The second-order valence-electron chi connectivity index (χ2n) is 4.08. The molecule has 0 spiro atoms. The van der Waals surface area contributed by atoms with E-state index in [0.29, 0.717) is 0 Å². The van der Waals surface area contributed by atoms with Gasteiger partial charge in [-0.15, -0.1) is 24.3 Å². The summed E-state index contributed by atoms with van der Waals surface area (Å²) in [5.41, 5.74) is 2.54. The van der Waals surface area contributed by atoms with Crippen molar-refractivity contribution in [1.82, 2.24) is 0 Å². The van der Waals surface area contributed by atoms with Crippen molar-refractivity contribution in [3.8, 4) is 0 Å². The largest absolute Gasteiger partial charge is 1.00 e. The summed E-state index contributed by atoms with van der Waals surface area (Å²) in [6, 6.07) is 25.4. The molecule has 0 bridgehead atoms. The summed E-state index contributed by atoms with van der Waals surface area (Å²) >= 11 is 1.78. The Morgan fingerprint density at radius 2 is 1.16 bits per heavy atom. The Labute approximate surface area is 130 Å². The minimum atomic E-state index is 0. The quantitative estimate of drug-likeness (QED) is 0.495. The van der Waals surface area contributed by atoms with Gasteiger partial charge in [0.25, 0.3) is 0 Å². The summed E-state index contributed by atoms with van der Waals surface area (Å²) < 4.78 is 0. The molecule has 0 unspecified atom stereocenters. The molecular formula is C17H13LiS. The molecule has 0 aliphatic rings. The molecule has 0 saturated carbocycles. The van der Waals surface area contributed by atoms with Crippen LogP contribution >= 0.6 is 11.3 Å². The zero-order valence-electron chi connectivity index (χ0n) is 10.9. The van der Waals surface area contributed by atoms with E-state index in [9.17, 15) is 0 Å². The summed E-state index contributed by atoms with van der Waals surface area (Å²) in [5.74, 6) is 1.31. The third-order valence-electron chi connectivity index (χ3n) is 2.89. The van der Waals surface area contributed by atoms with Crippen molar-refractivity contribution in [1.29, 1.82) is 0 Å². The molecule has 0 aliphatic carbocycles. The van der Waals surface area contributed by atoms with E-state index in [4.69, 9.17) is 0 Å². The topological polar surface area (TPSA) is 0 Å². The van der Waals surface area contributed by atoms with Crippen LogP contribution in [0.15, 0.2) is 78.2 Å². The van der Waals surface area contributed by atoms with E-state index < -0.39 is 0 Å². The molecule has 0 atom stereocenters. The van der Waals surface area contributed by atoms with Gasteiger partial charge in [-0.25, -0.2) is 0 Å². The molecule has 0 nitrogen and oxygen atoms in total. The van der Waals surface area contributed by atoms with Gasteiger partial charge in [-0.2, -0.15) is 11.3 Å². The van der Waals surface area contributed by atoms with Gasteiger partial charge < -0.3 is 0 Å². The van der Waals surface area contributed by atoms with E-state index in [-0.39, 0.29) is 18.9 Å². The van der Waals surface area contributed by atoms with Gasteiger partial charge in [0.15, 0.2) is 0 Å². The van der Waals surface area contributed by atoms with Gasteiger partial charge in [-0.1, -0.05) is 65.6 Å². The summed E-state index contributed by atoms with van der Waals surface area (Å²) in [7, 11) is 0. The third-order valence-corrected chi connectivity index (χ3v) is 3.78. The maximum Gasteiger partial charge on any atom is 1.00 e. The molecule has 0 fully saturated rings. The Balaban J connectivity index is 0.00000133. The van der Waals surface area contributed by atoms with Crippen molar-refractivity contribution in [2.75, 3.05) is 0 Å². The molecule has 2 heteroatoms. The standard InChI is InChI=1S/C17H13S.Li/c1-3-8-14(9-4-1)17(16-12-7-13-18-16)15-10-5-2-6-11-15;/h1-13H;/q-1;+1. The molecule has 19 heavy (non-hydrogen) atoms. The Morgan fingerprint density at radius 3 is 1.58 bits per heavy atom. The summed E-state index contributed by atoms with van der Waals surface area (Å²) in [4.78, 5) is 1.31. The normalized spacial score (nSPS) is 9.68. The third kappa shape index (κ3) is 3.14. The van der Waals surface area contributed by atoms with Gasteiger partial charge in [0.1, 0.15) is 0 Å². The number of rotatable bonds is 3. The van der Waals surface area contributed by atoms with Crippen molar-refractivity contribution < 1.29 is 18.9 Å². The maximum atomic E-state index is 2.18. The molecule has 0 aliphatic heterocycles. The maximum absolute atomic E-state index is 2.18. The monoisotopic (exact) mass is 256 g/mol. The number of hydrogen-bond acceptors (Lipinski definition) is 1. The summed E-state index contributed by atoms with van der Waals surface area (Å²) in [5, 5.41) is 2.13. The molecule has 3 aromatic rings. The fraction of sp³-hybridized carbons (Fsp3) is 0. The Bertz CT molecular complexity index is 548. The second kappa shape index (κ2) is 6.68. The Morgan fingerprint density at radius 1 is 0.632 bits per heavy atom. The predicted molar refractivity (Wildman–Crippen MR) is 77.8 cm³/mol. The minimum absolute atomic E-state index is 0. The molecule has 2 aromatic carbocycles. The zero-order valence-corrected chi connectivity index (χ0v) is 11.7. The summed E-state index contributed by atoms with van der Waals surface area (Å²) in [6.07, 6.45) is 0. The van der Waals surface area contributed by atoms with E-state index in [2.05, 4.69) is 78.2 Å². The molecule has 0 N–H and O–H groups in total. The SMILES string of the molecule is [Li+].c1ccc([C-](c2ccccc2)c2cccs2)cc1. The average molecular weight is 256 g/mol. The van der Waals surface area contributed by atoms with Gasteiger partial charge in [0.05, 0.1) is 0 Å². The van der Waals surface area contributed by atoms with Crippen LogP contribution in [0.5, 0.6) is 0 Å². The summed E-state index contributed by atoms with van der Waals surface area (Å²) in [6.45, 7) is 0. The molecule has 0 saturated heterocycles.